The third kappa shape index (κ3) is 6.33. The maximum absolute atomic E-state index is 12.1. The van der Waals surface area contributed by atoms with Crippen LogP contribution in [0, 0.1) is 0 Å². The Balaban J connectivity index is 1.41. The fourth-order valence-corrected chi connectivity index (χ4v) is 2.72. The van der Waals surface area contributed by atoms with Gasteiger partial charge in [0.15, 0.2) is 11.7 Å². The van der Waals surface area contributed by atoms with Gasteiger partial charge in [0.05, 0.1) is 19.4 Å². The number of ether oxygens (including phenoxy) is 2. The Morgan fingerprint density at radius 3 is 2.57 bits per heavy atom. The highest BCUT2D eigenvalue weighted by atomic mass is 32.1. The van der Waals surface area contributed by atoms with E-state index in [-0.39, 0.29) is 12.5 Å². The lowest BCUT2D eigenvalue weighted by Crippen LogP contribution is -2.42. The Labute approximate surface area is 169 Å². The van der Waals surface area contributed by atoms with Crippen LogP contribution in [0.1, 0.15) is 5.56 Å². The number of nitrogens with zero attached hydrogens (tertiary/aromatic N) is 2. The van der Waals surface area contributed by atoms with Crippen molar-refractivity contribution >= 4 is 35.1 Å². The molecule has 1 heterocycles. The molecule has 0 saturated carbocycles. The van der Waals surface area contributed by atoms with Crippen LogP contribution in [-0.4, -0.2) is 55.0 Å². The molecule has 1 aliphatic heterocycles. The van der Waals surface area contributed by atoms with Crippen molar-refractivity contribution in [1.29, 1.82) is 0 Å². The van der Waals surface area contributed by atoms with Gasteiger partial charge in [0, 0.05) is 18.8 Å². The molecule has 1 saturated heterocycles. The summed E-state index contributed by atoms with van der Waals surface area (Å²) in [6.07, 6.45) is 1.65. The van der Waals surface area contributed by atoms with Crippen LogP contribution in [0.25, 0.3) is 0 Å². The number of nitrogens with one attached hydrogen (secondary N) is 2. The second-order valence-corrected chi connectivity index (χ2v) is 6.45. The van der Waals surface area contributed by atoms with E-state index in [0.717, 1.165) is 11.3 Å². The van der Waals surface area contributed by atoms with Crippen LogP contribution in [0.5, 0.6) is 5.75 Å². The molecule has 7 nitrogen and oxygen atoms in total. The fraction of sp³-hybridized carbons (Fsp3) is 0.250. The molecule has 2 aromatic rings. The molecule has 0 aliphatic carbocycles. The minimum Gasteiger partial charge on any atom is -0.484 e. The molecule has 0 atom stereocenters. The molecule has 1 fully saturated rings. The molecule has 0 aromatic heterocycles. The number of thiocarbonyl (C=S) groups is 1. The highest BCUT2D eigenvalue weighted by Crippen LogP contribution is 2.11. The van der Waals surface area contributed by atoms with Crippen LogP contribution >= 0.6 is 12.2 Å². The number of para-hydroxylation sites is 1. The number of anilines is 1. The van der Waals surface area contributed by atoms with Gasteiger partial charge in [-0.3, -0.25) is 10.2 Å². The predicted octanol–water partition coefficient (Wildman–Crippen LogP) is 2.24. The first-order chi connectivity index (χ1) is 13.7. The van der Waals surface area contributed by atoms with Crippen molar-refractivity contribution in [2.24, 2.45) is 5.10 Å². The van der Waals surface area contributed by atoms with Gasteiger partial charge in [-0.25, -0.2) is 0 Å². The van der Waals surface area contributed by atoms with Gasteiger partial charge >= 0.3 is 0 Å². The Kier molecular flexibility index (Phi) is 7.34. The monoisotopic (exact) mass is 398 g/mol. The molecule has 1 amide bonds. The number of rotatable bonds is 6. The number of amides is 1. The minimum absolute atomic E-state index is 0.0222. The first-order valence-electron chi connectivity index (χ1n) is 8.94. The van der Waals surface area contributed by atoms with E-state index in [9.17, 15) is 4.79 Å². The molecule has 0 spiro atoms. The third-order valence-corrected chi connectivity index (χ3v) is 4.21. The largest absolute Gasteiger partial charge is 0.484 e. The molecular weight excluding hydrogens is 376 g/mol. The number of morpholine rings is 1. The molecule has 2 N–H and O–H groups in total. The molecule has 1 aliphatic rings. The number of carbonyl (C=O) groups excluding carboxylic acids is 1. The highest BCUT2D eigenvalue weighted by molar-refractivity contribution is 7.80. The van der Waals surface area contributed by atoms with E-state index in [1.807, 2.05) is 42.5 Å². The summed E-state index contributed by atoms with van der Waals surface area (Å²) in [5, 5.41) is 7.55. The molecular formula is C20H22N4O3S. The van der Waals surface area contributed by atoms with Gasteiger partial charge in [-0.1, -0.05) is 18.2 Å². The van der Waals surface area contributed by atoms with Crippen molar-refractivity contribution in [2.45, 2.75) is 0 Å². The van der Waals surface area contributed by atoms with Crippen molar-refractivity contribution in [2.75, 3.05) is 38.2 Å². The van der Waals surface area contributed by atoms with Crippen LogP contribution in [0.3, 0.4) is 0 Å². The van der Waals surface area contributed by atoms with Crippen LogP contribution < -0.4 is 15.5 Å². The Morgan fingerprint density at radius 1 is 1.14 bits per heavy atom. The summed E-state index contributed by atoms with van der Waals surface area (Å²) in [5.41, 5.74) is 4.54. The SMILES string of the molecule is O=C(COc1ccc(/C=N/NC(=S)Nc2ccccc2)cc1)N1CCOCC1. The standard InChI is InChI=1S/C20H22N4O3S/c25-19(24-10-12-26-13-11-24)15-27-18-8-6-16(7-9-18)14-21-23-20(28)22-17-4-2-1-3-5-17/h1-9,14H,10-13,15H2,(H2,22,23,28)/b21-14+. The Morgan fingerprint density at radius 2 is 1.86 bits per heavy atom. The molecule has 0 bridgehead atoms. The first-order valence-corrected chi connectivity index (χ1v) is 9.35. The first kappa shape index (κ1) is 19.8. The molecule has 8 heteroatoms. The molecule has 3 rings (SSSR count). The molecule has 146 valence electrons. The number of hydrogen-bond donors (Lipinski definition) is 2. The smallest absolute Gasteiger partial charge is 0.260 e. The van der Waals surface area contributed by atoms with Crippen molar-refractivity contribution in [3.05, 3.63) is 60.2 Å². The number of hydrogen-bond acceptors (Lipinski definition) is 5. The fourth-order valence-electron chi connectivity index (χ4n) is 2.55. The topological polar surface area (TPSA) is 75.2 Å². The summed E-state index contributed by atoms with van der Waals surface area (Å²) >= 11 is 5.19. The summed E-state index contributed by atoms with van der Waals surface area (Å²) in [7, 11) is 0. The van der Waals surface area contributed by atoms with Crippen molar-refractivity contribution in [3.8, 4) is 5.75 Å². The van der Waals surface area contributed by atoms with Gasteiger partial charge in [0.2, 0.25) is 0 Å². The summed E-state index contributed by atoms with van der Waals surface area (Å²) in [4.78, 5) is 13.8. The van der Waals surface area contributed by atoms with E-state index in [2.05, 4.69) is 15.8 Å². The summed E-state index contributed by atoms with van der Waals surface area (Å²) < 4.78 is 10.8. The van der Waals surface area contributed by atoms with E-state index in [1.165, 1.54) is 0 Å². The highest BCUT2D eigenvalue weighted by Gasteiger charge is 2.16. The molecule has 0 radical (unpaired) electrons. The Bertz CT molecular complexity index is 806. The Hall–Kier alpha value is -2.97. The van der Waals surface area contributed by atoms with Gasteiger partial charge in [-0.15, -0.1) is 0 Å². The average Bonchev–Trinajstić information content (AvgIpc) is 2.74. The zero-order valence-corrected chi connectivity index (χ0v) is 16.2. The predicted molar refractivity (Wildman–Crippen MR) is 113 cm³/mol. The zero-order chi connectivity index (χ0) is 19.6. The van der Waals surface area contributed by atoms with Crippen LogP contribution in [0.2, 0.25) is 0 Å². The van der Waals surface area contributed by atoms with Crippen LogP contribution in [-0.2, 0) is 9.53 Å². The number of benzene rings is 2. The van der Waals surface area contributed by atoms with Gasteiger partial charge in [0.25, 0.3) is 5.91 Å². The van der Waals surface area contributed by atoms with Gasteiger partial charge in [-0.05, 0) is 54.2 Å². The van der Waals surface area contributed by atoms with E-state index < -0.39 is 0 Å². The lowest BCUT2D eigenvalue weighted by Gasteiger charge is -2.26. The van der Waals surface area contributed by atoms with Crippen molar-refractivity contribution in [1.82, 2.24) is 10.3 Å². The van der Waals surface area contributed by atoms with E-state index in [1.54, 1.807) is 23.2 Å². The second-order valence-electron chi connectivity index (χ2n) is 6.04. The molecule has 2 aromatic carbocycles. The van der Waals surface area contributed by atoms with E-state index >= 15 is 0 Å². The van der Waals surface area contributed by atoms with E-state index in [0.29, 0.717) is 37.2 Å². The summed E-state index contributed by atoms with van der Waals surface area (Å²) in [6, 6.07) is 16.9. The van der Waals surface area contributed by atoms with Gasteiger partial charge < -0.3 is 19.7 Å². The van der Waals surface area contributed by atoms with Crippen LogP contribution in [0.15, 0.2) is 59.7 Å². The second kappa shape index (κ2) is 10.4. The van der Waals surface area contributed by atoms with Crippen molar-refractivity contribution < 1.29 is 14.3 Å². The lowest BCUT2D eigenvalue weighted by molar-refractivity contribution is -0.137. The normalized spacial score (nSPS) is 13.9. The van der Waals surface area contributed by atoms with Crippen LogP contribution in [0.4, 0.5) is 5.69 Å². The maximum Gasteiger partial charge on any atom is 0.260 e. The van der Waals surface area contributed by atoms with Gasteiger partial charge in [-0.2, -0.15) is 5.10 Å². The van der Waals surface area contributed by atoms with E-state index in [4.69, 9.17) is 21.7 Å². The zero-order valence-electron chi connectivity index (χ0n) is 15.3. The molecule has 0 unspecified atom stereocenters. The van der Waals surface area contributed by atoms with Gasteiger partial charge in [0.1, 0.15) is 5.75 Å². The number of carbonyl (C=O) groups is 1. The minimum atomic E-state index is -0.0300. The number of hydrazone groups is 1. The average molecular weight is 398 g/mol. The maximum atomic E-state index is 12.1. The molecule has 28 heavy (non-hydrogen) atoms. The van der Waals surface area contributed by atoms with Crippen molar-refractivity contribution in [3.63, 3.8) is 0 Å². The summed E-state index contributed by atoms with van der Waals surface area (Å²) in [5.74, 6) is 0.602. The quantitative estimate of drug-likeness (QED) is 0.442. The lowest BCUT2D eigenvalue weighted by atomic mass is 10.2. The summed E-state index contributed by atoms with van der Waals surface area (Å²) in [6.45, 7) is 2.42. The third-order valence-electron chi connectivity index (χ3n) is 4.02.